The van der Waals surface area contributed by atoms with Crippen LogP contribution in [0.2, 0.25) is 0 Å². The maximum absolute atomic E-state index is 13.6. The predicted molar refractivity (Wildman–Crippen MR) is 171 cm³/mol. The fourth-order valence-electron chi connectivity index (χ4n) is 8.86. The monoisotopic (exact) mass is 604 g/mol. The lowest BCUT2D eigenvalue weighted by Gasteiger charge is -2.65. The van der Waals surface area contributed by atoms with Gasteiger partial charge in [0.05, 0.1) is 24.6 Å². The summed E-state index contributed by atoms with van der Waals surface area (Å²) in [5.41, 5.74) is 4.09. The molecule has 0 aromatic heterocycles. The zero-order valence-electron chi connectivity index (χ0n) is 26.5. The Balaban J connectivity index is 1.29. The molecule has 3 aromatic rings. The van der Waals surface area contributed by atoms with Gasteiger partial charge in [-0.05, 0) is 80.5 Å². The van der Waals surface area contributed by atoms with E-state index in [-0.39, 0.29) is 24.0 Å². The second-order valence-electron chi connectivity index (χ2n) is 13.0. The molecule has 7 rings (SSSR count). The molecule has 4 aliphatic rings. The van der Waals surface area contributed by atoms with E-state index >= 15 is 0 Å². The zero-order chi connectivity index (χ0) is 31.3. The van der Waals surface area contributed by atoms with E-state index < -0.39 is 17.1 Å². The van der Waals surface area contributed by atoms with E-state index in [1.54, 1.807) is 12.0 Å². The molecular weight excluding hydrogens is 564 g/mol. The first-order valence-electron chi connectivity index (χ1n) is 16.0. The number of likely N-dealkylation sites (tertiary alicyclic amines) is 1. The van der Waals surface area contributed by atoms with Gasteiger partial charge in [0, 0.05) is 37.6 Å². The average molecular weight is 605 g/mol. The van der Waals surface area contributed by atoms with Gasteiger partial charge >= 0.3 is 5.97 Å². The summed E-state index contributed by atoms with van der Waals surface area (Å²) in [5.74, 6) is 6.81. The molecule has 2 aliphatic heterocycles. The van der Waals surface area contributed by atoms with Gasteiger partial charge in [0.25, 0.3) is 5.91 Å². The van der Waals surface area contributed by atoms with Crippen LogP contribution < -0.4 is 9.47 Å². The second-order valence-corrected chi connectivity index (χ2v) is 13.0. The molecule has 45 heavy (non-hydrogen) atoms. The van der Waals surface area contributed by atoms with Gasteiger partial charge in [-0.1, -0.05) is 54.5 Å². The van der Waals surface area contributed by atoms with Crippen molar-refractivity contribution >= 4 is 11.9 Å². The van der Waals surface area contributed by atoms with Gasteiger partial charge in [0.15, 0.2) is 11.5 Å². The molecule has 7 heteroatoms. The Labute approximate surface area is 265 Å². The summed E-state index contributed by atoms with van der Waals surface area (Å²) in [4.78, 5) is 30.9. The number of hydrogen-bond donors (Lipinski definition) is 0. The molecule has 0 N–H and O–H groups in total. The highest BCUT2D eigenvalue weighted by molar-refractivity contribution is 5.94. The van der Waals surface area contributed by atoms with Gasteiger partial charge in [0.1, 0.15) is 11.7 Å². The van der Waals surface area contributed by atoms with Crippen molar-refractivity contribution in [3.05, 3.63) is 94.5 Å². The minimum Gasteiger partial charge on any atom is -0.493 e. The molecule has 7 nitrogen and oxygen atoms in total. The summed E-state index contributed by atoms with van der Waals surface area (Å²) < 4.78 is 19.4. The number of aryl methyl sites for hydroxylation is 1. The van der Waals surface area contributed by atoms with Gasteiger partial charge in [0.2, 0.25) is 0 Å². The van der Waals surface area contributed by atoms with Crippen LogP contribution in [0.15, 0.2) is 66.7 Å². The fraction of sp³-hybridized carbons (Fsp3) is 0.421. The summed E-state index contributed by atoms with van der Waals surface area (Å²) in [6, 6.07) is 22.3. The molecule has 2 heterocycles. The number of likely N-dealkylation sites (N-methyl/N-ethyl adjacent to an activating group) is 1. The molecule has 2 fully saturated rings. The van der Waals surface area contributed by atoms with Gasteiger partial charge in [-0.15, -0.1) is 0 Å². The normalized spacial score (nSPS) is 27.3. The maximum Gasteiger partial charge on any atom is 0.303 e. The smallest absolute Gasteiger partial charge is 0.303 e. The molecule has 5 atom stereocenters. The molecule has 1 spiro atoms. The van der Waals surface area contributed by atoms with Crippen LogP contribution in [0.3, 0.4) is 0 Å². The first-order valence-corrected chi connectivity index (χ1v) is 16.0. The number of piperidine rings is 1. The number of carbonyl (C=O) groups excluding carboxylic acids is 2. The van der Waals surface area contributed by atoms with Crippen LogP contribution in [0.5, 0.6) is 11.5 Å². The van der Waals surface area contributed by atoms with Crippen LogP contribution in [0.1, 0.15) is 54.0 Å². The molecule has 232 valence electrons. The molecule has 0 radical (unpaired) electrons. The highest BCUT2D eigenvalue weighted by atomic mass is 16.6. The van der Waals surface area contributed by atoms with Crippen LogP contribution in [0.4, 0.5) is 0 Å². The van der Waals surface area contributed by atoms with Crippen LogP contribution in [0, 0.1) is 18.8 Å². The van der Waals surface area contributed by atoms with Crippen molar-refractivity contribution in [2.45, 2.75) is 75.2 Å². The summed E-state index contributed by atoms with van der Waals surface area (Å²) in [6.07, 6.45) is 3.26. The second kappa shape index (κ2) is 11.3. The molecular formula is C38H40N2O5. The Hall–Kier alpha value is -4.28. The van der Waals surface area contributed by atoms with E-state index in [2.05, 4.69) is 47.1 Å². The number of benzene rings is 3. The van der Waals surface area contributed by atoms with E-state index in [0.717, 1.165) is 54.8 Å². The predicted octanol–water partition coefficient (Wildman–Crippen LogP) is 4.85. The Kier molecular flexibility index (Phi) is 7.37. The van der Waals surface area contributed by atoms with Crippen molar-refractivity contribution in [2.24, 2.45) is 0 Å². The number of nitrogens with zero attached hydrogens (tertiary/aromatic N) is 2. The summed E-state index contributed by atoms with van der Waals surface area (Å²) in [6.45, 7) is 5.24. The van der Waals surface area contributed by atoms with Crippen molar-refractivity contribution in [2.75, 3.05) is 27.2 Å². The highest BCUT2D eigenvalue weighted by Gasteiger charge is 2.75. The molecule has 2 aliphatic carbocycles. The van der Waals surface area contributed by atoms with Crippen LogP contribution in [-0.4, -0.2) is 72.7 Å². The van der Waals surface area contributed by atoms with Crippen LogP contribution in [0.25, 0.3) is 0 Å². The molecule has 1 saturated carbocycles. The van der Waals surface area contributed by atoms with Crippen molar-refractivity contribution in [3.63, 3.8) is 0 Å². The molecule has 2 bridgehead atoms. The fourth-order valence-corrected chi connectivity index (χ4v) is 8.86. The van der Waals surface area contributed by atoms with Crippen LogP contribution in [-0.2, 0) is 32.6 Å². The first-order chi connectivity index (χ1) is 21.8. The number of methoxy groups -OCH3 is 1. The van der Waals surface area contributed by atoms with Crippen molar-refractivity contribution in [1.29, 1.82) is 0 Å². The maximum atomic E-state index is 13.6. The molecule has 0 unspecified atom stereocenters. The quantitative estimate of drug-likeness (QED) is 0.296. The van der Waals surface area contributed by atoms with Crippen molar-refractivity contribution in [3.8, 4) is 23.3 Å². The van der Waals surface area contributed by atoms with E-state index in [1.807, 2.05) is 50.4 Å². The third-order valence-electron chi connectivity index (χ3n) is 10.7. The highest BCUT2D eigenvalue weighted by Crippen LogP contribution is 2.67. The molecule has 3 aromatic carbocycles. The van der Waals surface area contributed by atoms with E-state index in [1.165, 1.54) is 18.1 Å². The van der Waals surface area contributed by atoms with Gasteiger partial charge in [-0.2, -0.15) is 0 Å². The van der Waals surface area contributed by atoms with E-state index in [0.29, 0.717) is 18.6 Å². The lowest BCUT2D eigenvalue weighted by molar-refractivity contribution is -0.223. The lowest BCUT2D eigenvalue weighted by atomic mass is 9.48. The standard InChI is InChI=1S/C38H40N2O5/c1-25-9-8-12-28(23-25)13-16-33(42)39(3)30-17-19-38(45-26(2)41)32-24-29-14-15-31(43-4)35-34(29)37(38,36(30)44-35)20-22-40(32)21-18-27-10-6-5-7-11-27/h5-12,14-15,23,30,32,36H,17-22,24H2,1-4H3/t30-,32+,36-,37-,38+/m0/s1. The Bertz CT molecular complexity index is 1710. The zero-order valence-corrected chi connectivity index (χ0v) is 26.5. The lowest BCUT2D eigenvalue weighted by Crippen LogP contribution is -2.79. The third-order valence-corrected chi connectivity index (χ3v) is 10.7. The van der Waals surface area contributed by atoms with Crippen LogP contribution >= 0.6 is 0 Å². The largest absolute Gasteiger partial charge is 0.493 e. The number of carbonyl (C=O) groups is 2. The Morgan fingerprint density at radius 1 is 1.09 bits per heavy atom. The van der Waals surface area contributed by atoms with E-state index in [4.69, 9.17) is 14.2 Å². The summed E-state index contributed by atoms with van der Waals surface area (Å²) in [5, 5.41) is 0. The van der Waals surface area contributed by atoms with E-state index in [9.17, 15) is 9.59 Å². The number of ether oxygens (including phenoxy) is 3. The number of hydrogen-bond acceptors (Lipinski definition) is 6. The van der Waals surface area contributed by atoms with Gasteiger partial charge in [-0.3, -0.25) is 14.5 Å². The summed E-state index contributed by atoms with van der Waals surface area (Å²) in [7, 11) is 3.49. The van der Waals surface area contributed by atoms with Crippen molar-refractivity contribution < 1.29 is 23.8 Å². The minimum atomic E-state index is -0.795. The number of esters is 1. The number of rotatable bonds is 6. The molecule has 1 saturated heterocycles. The minimum absolute atomic E-state index is 0.0140. The summed E-state index contributed by atoms with van der Waals surface area (Å²) >= 11 is 0. The third kappa shape index (κ3) is 4.61. The average Bonchev–Trinajstić information content (AvgIpc) is 3.38. The van der Waals surface area contributed by atoms with Gasteiger partial charge in [-0.25, -0.2) is 0 Å². The van der Waals surface area contributed by atoms with Gasteiger partial charge < -0.3 is 19.1 Å². The SMILES string of the molecule is COc1ccc2c3c1O[C@H]1[C@@H](N(C)C(=O)C#Cc4cccc(C)c4)CC[C@@]4(OC(C)=O)[C@@H](C2)N(CCc2ccccc2)CC[C@]314. The first kappa shape index (κ1) is 29.4. The Morgan fingerprint density at radius 3 is 2.67 bits per heavy atom. The topological polar surface area (TPSA) is 68.3 Å². The number of amides is 1. The Morgan fingerprint density at radius 2 is 1.91 bits per heavy atom. The van der Waals surface area contributed by atoms with Crippen molar-refractivity contribution in [1.82, 2.24) is 9.80 Å². The molecule has 1 amide bonds.